The lowest BCUT2D eigenvalue weighted by atomic mass is 9.77. The van der Waals surface area contributed by atoms with E-state index in [4.69, 9.17) is 37.8 Å². The van der Waals surface area contributed by atoms with Gasteiger partial charge in [-0.1, -0.05) is 132 Å². The van der Waals surface area contributed by atoms with Crippen molar-refractivity contribution in [2.75, 3.05) is 44.2 Å². The van der Waals surface area contributed by atoms with Crippen molar-refractivity contribution in [3.05, 3.63) is 214 Å². The van der Waals surface area contributed by atoms with Crippen LogP contribution < -0.4 is 19.1 Å². The van der Waals surface area contributed by atoms with Gasteiger partial charge < -0.3 is 19.5 Å². The Morgan fingerprint density at radius 3 is 2.04 bits per heavy atom. The maximum atomic E-state index is 15.0. The second-order valence-electron chi connectivity index (χ2n) is 21.4. The van der Waals surface area contributed by atoms with Gasteiger partial charge in [-0.15, -0.1) is 0 Å². The van der Waals surface area contributed by atoms with E-state index in [1.54, 1.807) is 36.5 Å². The number of aliphatic hydroxyl groups is 1. The summed E-state index contributed by atoms with van der Waals surface area (Å²) in [5.74, 6) is -3.09. The first-order valence-electron chi connectivity index (χ1n) is 26.9. The fourth-order valence-corrected chi connectivity index (χ4v) is 12.9. The third-order valence-electron chi connectivity index (χ3n) is 15.8. The molecule has 12 nitrogen and oxygen atoms in total. The van der Waals surface area contributed by atoms with Crippen LogP contribution in [0.5, 0.6) is 17.4 Å². The number of ether oxygens (including phenoxy) is 2. The molecular weight excluding hydrogens is 1080 g/mol. The van der Waals surface area contributed by atoms with Crippen LogP contribution in [0, 0.1) is 5.92 Å². The Labute approximate surface area is 474 Å². The Bertz CT molecular complexity index is 3570. The maximum absolute atomic E-state index is 15.0. The summed E-state index contributed by atoms with van der Waals surface area (Å²) in [4.78, 5) is 22.7. The number of alkyl halides is 2. The molecule has 0 atom stereocenters. The zero-order chi connectivity index (χ0) is 55.7. The highest BCUT2D eigenvalue weighted by Gasteiger charge is 2.41. The Morgan fingerprint density at radius 2 is 1.41 bits per heavy atom. The third kappa shape index (κ3) is 11.6. The summed E-state index contributed by atoms with van der Waals surface area (Å²) in [6.45, 7) is 4.70. The number of aromatic nitrogens is 3. The van der Waals surface area contributed by atoms with Gasteiger partial charge in [-0.2, -0.15) is 5.10 Å². The summed E-state index contributed by atoms with van der Waals surface area (Å²) >= 11 is 12.8. The third-order valence-corrected chi connectivity index (χ3v) is 17.7. The summed E-state index contributed by atoms with van der Waals surface area (Å²) in [6, 6.07) is 49.6. The van der Waals surface area contributed by atoms with Gasteiger partial charge in [0.1, 0.15) is 27.0 Å². The second-order valence-corrected chi connectivity index (χ2v) is 23.9. The predicted molar refractivity (Wildman–Crippen MR) is 309 cm³/mol. The van der Waals surface area contributed by atoms with Crippen LogP contribution in [0.2, 0.25) is 10.0 Å². The molecule has 6 aromatic carbocycles. The average Bonchev–Trinajstić information content (AvgIpc) is 3.47. The molecule has 3 aliphatic rings. The zero-order valence-electron chi connectivity index (χ0n) is 44.1. The smallest absolute Gasteiger partial charge is 0.268 e. The van der Waals surface area contributed by atoms with E-state index in [1.165, 1.54) is 12.1 Å². The monoisotopic (exact) mass is 1140 g/mol. The van der Waals surface area contributed by atoms with E-state index in [0.717, 1.165) is 52.4 Å². The first kappa shape index (κ1) is 54.8. The summed E-state index contributed by atoms with van der Waals surface area (Å²) in [7, 11) is -4.56. The fourth-order valence-electron chi connectivity index (χ4n) is 11.5. The van der Waals surface area contributed by atoms with Crippen LogP contribution in [-0.4, -0.2) is 90.0 Å². The van der Waals surface area contributed by atoms with E-state index < -0.39 is 33.0 Å². The van der Waals surface area contributed by atoms with Gasteiger partial charge in [-0.25, -0.2) is 31.6 Å². The van der Waals surface area contributed by atoms with Gasteiger partial charge in [0.2, 0.25) is 5.88 Å². The molecule has 2 aromatic heterocycles. The molecule has 1 amide bonds. The van der Waals surface area contributed by atoms with Crippen LogP contribution in [0.1, 0.15) is 84.5 Å². The van der Waals surface area contributed by atoms with Gasteiger partial charge in [0.05, 0.1) is 41.1 Å². The molecule has 2 aliphatic carbocycles. The molecule has 0 unspecified atom stereocenters. The lowest BCUT2D eigenvalue weighted by Gasteiger charge is -2.38. The number of anilines is 1. The molecule has 1 saturated carbocycles. The fraction of sp³-hybridized carbons (Fsp3) is 0.286. The number of pyridine rings is 1. The van der Waals surface area contributed by atoms with E-state index in [2.05, 4.69) is 55.9 Å². The van der Waals surface area contributed by atoms with E-state index in [0.29, 0.717) is 79.5 Å². The van der Waals surface area contributed by atoms with E-state index in [1.807, 2.05) is 90.5 Å². The molecule has 1 aliphatic heterocycles. The van der Waals surface area contributed by atoms with Crippen molar-refractivity contribution in [2.45, 2.75) is 73.8 Å². The lowest BCUT2D eigenvalue weighted by Crippen LogP contribution is -2.47. The standard InChI is InChI=1S/C63H60Cl2F2N6O6S/c1-61(75)29-26-43(27-30-61)42-78-60-55(65)37-51(39-68-60)80(76,77)70-59(74)53-25-24-50(72-34-32-71(33-35-72)41-45-38-62(66,67)31-28-52(45)44-20-22-49(64)23-21-44)36-58(53)79-57-19-11-18-56-54(57)40-69-73(56)63(46-12-5-2-6-13-46,47-14-7-3-8-15-47)48-16-9-4-10-17-48/h2-25,36-37,39-40,43,75H,26-35,38,41-42H2,1H3,(H,70,74)/t43-,61-. The Morgan fingerprint density at radius 1 is 0.775 bits per heavy atom. The Balaban J connectivity index is 0.913. The highest BCUT2D eigenvalue weighted by Crippen LogP contribution is 2.45. The molecule has 3 heterocycles. The van der Waals surface area contributed by atoms with Crippen molar-refractivity contribution in [2.24, 2.45) is 5.92 Å². The minimum atomic E-state index is -4.56. The van der Waals surface area contributed by atoms with Crippen molar-refractivity contribution in [1.29, 1.82) is 0 Å². The number of allylic oxidation sites excluding steroid dienone is 1. The second kappa shape index (κ2) is 22.8. The molecule has 0 radical (unpaired) electrons. The van der Waals surface area contributed by atoms with Crippen LogP contribution in [0.4, 0.5) is 14.5 Å². The number of halogens is 4. The number of benzene rings is 6. The molecule has 80 heavy (non-hydrogen) atoms. The highest BCUT2D eigenvalue weighted by atomic mass is 35.5. The number of hydrogen-bond acceptors (Lipinski definition) is 10. The van der Waals surface area contributed by atoms with Crippen LogP contribution >= 0.6 is 23.2 Å². The number of carbonyl (C=O) groups is 1. The molecule has 1 saturated heterocycles. The molecule has 2 fully saturated rings. The van der Waals surface area contributed by atoms with Crippen LogP contribution in [0.15, 0.2) is 181 Å². The van der Waals surface area contributed by atoms with E-state index in [-0.39, 0.29) is 52.3 Å². The summed E-state index contributed by atoms with van der Waals surface area (Å²) < 4.78 is 75.1. The first-order valence-corrected chi connectivity index (χ1v) is 29.1. The van der Waals surface area contributed by atoms with Gasteiger partial charge in [-0.3, -0.25) is 9.69 Å². The minimum absolute atomic E-state index is 0.0449. The topological polar surface area (TPSA) is 139 Å². The molecule has 2 N–H and O–H groups in total. The number of piperazine rings is 1. The van der Waals surface area contributed by atoms with Crippen molar-refractivity contribution < 1.29 is 36.6 Å². The zero-order valence-corrected chi connectivity index (χ0v) is 46.4. The van der Waals surface area contributed by atoms with Gasteiger partial charge >= 0.3 is 0 Å². The van der Waals surface area contributed by atoms with Crippen molar-refractivity contribution in [3.63, 3.8) is 0 Å². The summed E-state index contributed by atoms with van der Waals surface area (Å²) in [6.07, 6.45) is 5.41. The average molecular weight is 1140 g/mol. The van der Waals surface area contributed by atoms with Gasteiger partial charge in [-0.05, 0) is 121 Å². The van der Waals surface area contributed by atoms with E-state index >= 15 is 8.78 Å². The van der Waals surface area contributed by atoms with E-state index in [9.17, 15) is 18.3 Å². The Kier molecular flexibility index (Phi) is 15.6. The summed E-state index contributed by atoms with van der Waals surface area (Å²) in [5.41, 5.74) is 5.13. The normalized spacial score (nSPS) is 19.0. The molecule has 0 bridgehead atoms. The molecule has 11 rings (SSSR count). The number of amides is 1. The highest BCUT2D eigenvalue weighted by molar-refractivity contribution is 7.90. The quantitative estimate of drug-likeness (QED) is 0.0899. The lowest BCUT2D eigenvalue weighted by molar-refractivity contribution is -0.0109. The molecule has 8 aromatic rings. The van der Waals surface area contributed by atoms with Crippen molar-refractivity contribution >= 4 is 61.3 Å². The van der Waals surface area contributed by atoms with Crippen molar-refractivity contribution in [3.8, 4) is 17.4 Å². The maximum Gasteiger partial charge on any atom is 0.268 e. The number of rotatable bonds is 16. The Hall–Kier alpha value is -7.14. The minimum Gasteiger partial charge on any atom is -0.476 e. The van der Waals surface area contributed by atoms with Gasteiger partial charge in [0.15, 0.2) is 0 Å². The molecular formula is C63H60Cl2F2N6O6S. The van der Waals surface area contributed by atoms with Crippen LogP contribution in [0.3, 0.4) is 0 Å². The number of fused-ring (bicyclic) bond motifs is 1. The first-order chi connectivity index (χ1) is 38.5. The van der Waals surface area contributed by atoms with Crippen LogP contribution in [-0.2, 0) is 15.6 Å². The molecule has 0 spiro atoms. The summed E-state index contributed by atoms with van der Waals surface area (Å²) in [5, 5.41) is 16.7. The number of hydrogen-bond donors (Lipinski definition) is 2. The predicted octanol–water partition coefficient (Wildman–Crippen LogP) is 13.2. The molecule has 412 valence electrons. The largest absolute Gasteiger partial charge is 0.476 e. The van der Waals surface area contributed by atoms with Crippen molar-refractivity contribution in [1.82, 2.24) is 24.4 Å². The van der Waals surface area contributed by atoms with Gasteiger partial charge in [0.25, 0.3) is 21.9 Å². The molecule has 17 heteroatoms. The SMILES string of the molecule is C[C@]1(O)CC[C@H](COc2ncc(S(=O)(=O)NC(=O)c3ccc(N4CCN(CC5=C(c6ccc(Cl)cc6)CCC(F)(F)C5)CC4)cc3Oc3cccc4c3cnn4C(c3ccccc3)(c3ccccc3)c3ccccc3)cc2Cl)CC1. The number of nitrogens with zero attached hydrogens (tertiary/aromatic N) is 5. The van der Waals surface area contributed by atoms with Gasteiger partial charge in [0, 0.05) is 62.3 Å². The van der Waals surface area contributed by atoms with Crippen LogP contribution in [0.25, 0.3) is 16.5 Å². The number of nitrogens with one attached hydrogen (secondary N) is 1. The number of carbonyl (C=O) groups excluding carboxylic acids is 1. The number of sulfonamides is 1.